The summed E-state index contributed by atoms with van der Waals surface area (Å²) in [5, 5.41) is 18.1. The third kappa shape index (κ3) is 3.21. The van der Waals surface area contributed by atoms with Crippen LogP contribution in [-0.2, 0) is 0 Å². The van der Waals surface area contributed by atoms with Gasteiger partial charge in [-0.1, -0.05) is 47.7 Å². The lowest BCUT2D eigenvalue weighted by Crippen LogP contribution is -2.18. The molecule has 5 rings (SSSR count). The Morgan fingerprint density at radius 3 is 2.52 bits per heavy atom. The number of phenolic OH excluding ortho intramolecular Hbond substituents is 1. The number of anilines is 1. The minimum absolute atomic E-state index is 0.00363. The van der Waals surface area contributed by atoms with Crippen molar-refractivity contribution in [1.82, 2.24) is 4.98 Å². The molecule has 144 valence electrons. The van der Waals surface area contributed by atoms with Gasteiger partial charge in [0, 0.05) is 12.0 Å². The zero-order valence-electron chi connectivity index (χ0n) is 15.8. The number of phenols is 1. The molecule has 1 N–H and O–H groups in total. The summed E-state index contributed by atoms with van der Waals surface area (Å²) in [4.78, 5) is 4.80. The molecule has 0 fully saturated rings. The van der Waals surface area contributed by atoms with Gasteiger partial charge >= 0.3 is 0 Å². The van der Waals surface area contributed by atoms with Crippen molar-refractivity contribution in [3.63, 3.8) is 0 Å². The second kappa shape index (κ2) is 7.22. The number of hydrogen-bond donors (Lipinski definition) is 1. The van der Waals surface area contributed by atoms with Crippen LogP contribution in [0.3, 0.4) is 0 Å². The van der Waals surface area contributed by atoms with Crippen LogP contribution in [0.15, 0.2) is 77.9 Å². The van der Waals surface area contributed by atoms with Gasteiger partial charge in [-0.25, -0.2) is 9.99 Å². The van der Waals surface area contributed by atoms with Gasteiger partial charge in [-0.05, 0) is 42.0 Å². The molecular weight excluding hydrogens is 382 g/mol. The van der Waals surface area contributed by atoms with Crippen LogP contribution < -0.4 is 9.75 Å². The van der Waals surface area contributed by atoms with E-state index >= 15 is 0 Å². The van der Waals surface area contributed by atoms with Crippen molar-refractivity contribution in [2.45, 2.75) is 12.5 Å². The van der Waals surface area contributed by atoms with E-state index in [-0.39, 0.29) is 11.8 Å². The molecular formula is C23H19N3O2S. The number of benzene rings is 3. The lowest BCUT2D eigenvalue weighted by Gasteiger charge is -2.21. The molecule has 5 nitrogen and oxygen atoms in total. The van der Waals surface area contributed by atoms with Gasteiger partial charge in [0.05, 0.1) is 29.1 Å². The van der Waals surface area contributed by atoms with E-state index in [4.69, 9.17) is 14.8 Å². The average molecular weight is 401 g/mol. The number of aromatic nitrogens is 1. The van der Waals surface area contributed by atoms with Gasteiger partial charge in [-0.3, -0.25) is 0 Å². The van der Waals surface area contributed by atoms with Crippen LogP contribution in [0.1, 0.15) is 23.6 Å². The van der Waals surface area contributed by atoms with Gasteiger partial charge in [0.25, 0.3) is 0 Å². The first kappa shape index (κ1) is 17.7. The first-order valence-corrected chi connectivity index (χ1v) is 10.2. The van der Waals surface area contributed by atoms with E-state index in [1.807, 2.05) is 53.5 Å². The van der Waals surface area contributed by atoms with E-state index in [0.29, 0.717) is 6.42 Å². The molecule has 0 saturated carbocycles. The molecule has 3 aromatic carbocycles. The summed E-state index contributed by atoms with van der Waals surface area (Å²) in [5.74, 6) is 1.06. The number of ether oxygens (including phenoxy) is 1. The Hall–Kier alpha value is -3.38. The quantitative estimate of drug-likeness (QED) is 0.500. The molecule has 0 bridgehead atoms. The lowest BCUT2D eigenvalue weighted by atomic mass is 9.98. The summed E-state index contributed by atoms with van der Waals surface area (Å²) < 4.78 is 6.43. The number of aromatic hydroxyl groups is 1. The van der Waals surface area contributed by atoms with Crippen molar-refractivity contribution in [3.8, 4) is 11.5 Å². The Balaban J connectivity index is 1.59. The van der Waals surface area contributed by atoms with Crippen LogP contribution in [0.2, 0.25) is 0 Å². The fraction of sp³-hybridized carbons (Fsp3) is 0.130. The molecule has 6 heteroatoms. The van der Waals surface area contributed by atoms with Gasteiger partial charge in [-0.15, -0.1) is 0 Å². The fourth-order valence-electron chi connectivity index (χ4n) is 3.61. The number of hydrazone groups is 1. The zero-order chi connectivity index (χ0) is 19.8. The number of para-hydroxylation sites is 2. The number of rotatable bonds is 4. The summed E-state index contributed by atoms with van der Waals surface area (Å²) in [6.45, 7) is 0. The van der Waals surface area contributed by atoms with Crippen LogP contribution in [0.25, 0.3) is 10.2 Å². The first-order chi connectivity index (χ1) is 14.2. The van der Waals surface area contributed by atoms with Crippen molar-refractivity contribution in [1.29, 1.82) is 0 Å². The maximum Gasteiger partial charge on any atom is 0.207 e. The molecule has 0 spiro atoms. The smallest absolute Gasteiger partial charge is 0.207 e. The Morgan fingerprint density at radius 1 is 1.00 bits per heavy atom. The largest absolute Gasteiger partial charge is 0.507 e. The minimum Gasteiger partial charge on any atom is -0.507 e. The van der Waals surface area contributed by atoms with Crippen LogP contribution in [0.4, 0.5) is 5.13 Å². The standard InChI is InChI=1S/C23H19N3O2S/c1-28-16-12-10-15(11-13-16)20-14-19(17-6-2-4-8-21(17)27)25-26(20)23-24-18-7-3-5-9-22(18)29-23/h2-13,20,27H,14H2,1H3. The molecule has 29 heavy (non-hydrogen) atoms. The first-order valence-electron chi connectivity index (χ1n) is 9.37. The zero-order valence-corrected chi connectivity index (χ0v) is 16.6. The van der Waals surface area contributed by atoms with E-state index in [1.54, 1.807) is 24.5 Å². The maximum atomic E-state index is 10.3. The van der Waals surface area contributed by atoms with Crippen molar-refractivity contribution in [2.24, 2.45) is 5.10 Å². The molecule has 1 atom stereocenters. The molecule has 0 aliphatic carbocycles. The third-order valence-corrected chi connectivity index (χ3v) is 6.13. The van der Waals surface area contributed by atoms with E-state index < -0.39 is 0 Å². The van der Waals surface area contributed by atoms with Crippen LogP contribution in [0, 0.1) is 0 Å². The third-order valence-electron chi connectivity index (χ3n) is 5.10. The highest BCUT2D eigenvalue weighted by molar-refractivity contribution is 7.22. The van der Waals surface area contributed by atoms with E-state index in [2.05, 4.69) is 18.2 Å². The van der Waals surface area contributed by atoms with E-state index in [1.165, 1.54) is 0 Å². The summed E-state index contributed by atoms with van der Waals surface area (Å²) in [6.07, 6.45) is 0.680. The lowest BCUT2D eigenvalue weighted by molar-refractivity contribution is 0.414. The van der Waals surface area contributed by atoms with E-state index in [0.717, 1.165) is 37.9 Å². The van der Waals surface area contributed by atoms with Gasteiger partial charge in [-0.2, -0.15) is 5.10 Å². The molecule has 0 saturated heterocycles. The van der Waals surface area contributed by atoms with Gasteiger partial charge in [0.2, 0.25) is 5.13 Å². The maximum absolute atomic E-state index is 10.3. The second-order valence-electron chi connectivity index (χ2n) is 6.87. The van der Waals surface area contributed by atoms with Crippen LogP contribution in [0.5, 0.6) is 11.5 Å². The second-order valence-corrected chi connectivity index (χ2v) is 7.87. The van der Waals surface area contributed by atoms with Crippen molar-refractivity contribution < 1.29 is 9.84 Å². The number of hydrogen-bond acceptors (Lipinski definition) is 6. The molecule has 2 heterocycles. The topological polar surface area (TPSA) is 58.0 Å². The van der Waals surface area contributed by atoms with E-state index in [9.17, 15) is 5.11 Å². The highest BCUT2D eigenvalue weighted by Gasteiger charge is 2.32. The average Bonchev–Trinajstić information content (AvgIpc) is 3.38. The summed E-state index contributed by atoms with van der Waals surface area (Å²) in [5.41, 5.74) is 3.70. The Morgan fingerprint density at radius 2 is 1.76 bits per heavy atom. The number of thiazole rings is 1. The number of fused-ring (bicyclic) bond motifs is 1. The Kier molecular flexibility index (Phi) is 4.41. The van der Waals surface area contributed by atoms with Crippen molar-refractivity contribution in [2.75, 3.05) is 12.1 Å². The molecule has 1 unspecified atom stereocenters. The Bertz CT molecular complexity index is 1170. The SMILES string of the molecule is COc1ccc(C2CC(c3ccccc3O)=NN2c2nc3ccccc3s2)cc1. The van der Waals surface area contributed by atoms with Crippen LogP contribution >= 0.6 is 11.3 Å². The van der Waals surface area contributed by atoms with Crippen molar-refractivity contribution >= 4 is 32.4 Å². The summed E-state index contributed by atoms with van der Waals surface area (Å²) in [6, 6.07) is 23.5. The molecule has 1 aliphatic heterocycles. The van der Waals surface area contributed by atoms with Crippen LogP contribution in [-0.4, -0.2) is 22.9 Å². The number of nitrogens with zero attached hydrogens (tertiary/aromatic N) is 3. The molecule has 1 aromatic heterocycles. The summed E-state index contributed by atoms with van der Waals surface area (Å²) in [7, 11) is 1.66. The monoisotopic (exact) mass is 401 g/mol. The Labute approximate surface area is 172 Å². The van der Waals surface area contributed by atoms with Crippen molar-refractivity contribution in [3.05, 3.63) is 83.9 Å². The molecule has 0 amide bonds. The fourth-order valence-corrected chi connectivity index (χ4v) is 4.58. The highest BCUT2D eigenvalue weighted by Crippen LogP contribution is 2.41. The number of methoxy groups -OCH3 is 1. The molecule has 1 aliphatic rings. The predicted molar refractivity (Wildman–Crippen MR) is 117 cm³/mol. The minimum atomic E-state index is -0.00363. The summed E-state index contributed by atoms with van der Waals surface area (Å²) >= 11 is 1.62. The predicted octanol–water partition coefficient (Wildman–Crippen LogP) is 5.37. The molecule has 0 radical (unpaired) electrons. The normalized spacial score (nSPS) is 16.2. The molecule has 4 aromatic rings. The van der Waals surface area contributed by atoms with Gasteiger partial charge in [0.1, 0.15) is 11.5 Å². The van der Waals surface area contributed by atoms with Gasteiger partial charge < -0.3 is 9.84 Å². The van der Waals surface area contributed by atoms with Gasteiger partial charge in [0.15, 0.2) is 0 Å². The highest BCUT2D eigenvalue weighted by atomic mass is 32.1.